The number of fused-ring (bicyclic) bond motifs is 1. The van der Waals surface area contributed by atoms with Gasteiger partial charge in [-0.3, -0.25) is 4.79 Å². The molecule has 3 N–H and O–H groups in total. The van der Waals surface area contributed by atoms with Crippen LogP contribution in [0.1, 0.15) is 39.5 Å². The van der Waals surface area contributed by atoms with Crippen LogP contribution in [-0.4, -0.2) is 36.5 Å². The highest BCUT2D eigenvalue weighted by atomic mass is 16.6. The normalized spacial score (nSPS) is 15.9. The number of ether oxygens (including phenoxy) is 1. The first-order chi connectivity index (χ1) is 16.9. The Morgan fingerprint density at radius 1 is 1.17 bits per heavy atom. The Balaban J connectivity index is 1.47. The van der Waals surface area contributed by atoms with E-state index in [2.05, 4.69) is 34.2 Å². The summed E-state index contributed by atoms with van der Waals surface area (Å²) in [6, 6.07) is 15.3. The molecule has 2 aromatic carbocycles. The van der Waals surface area contributed by atoms with Gasteiger partial charge < -0.3 is 25.5 Å². The van der Waals surface area contributed by atoms with Crippen molar-refractivity contribution < 1.29 is 14.4 Å². The number of hydrogen-bond donors (Lipinski definition) is 2. The van der Waals surface area contributed by atoms with Crippen LogP contribution in [0.15, 0.2) is 59.9 Å². The fourth-order valence-electron chi connectivity index (χ4n) is 4.29. The SMILES string of the molecule is CO/N=C1\CCCCN1c1ccc(NC(=O)[C@H](CC(C)C)Oc2ccc3ccnc(N)c3c2)cc1. The molecule has 0 saturated carbocycles. The molecule has 1 aliphatic rings. The van der Waals surface area contributed by atoms with Crippen molar-refractivity contribution in [3.05, 3.63) is 54.7 Å². The lowest BCUT2D eigenvalue weighted by molar-refractivity contribution is -0.123. The lowest BCUT2D eigenvalue weighted by Crippen LogP contribution is -2.35. The van der Waals surface area contributed by atoms with Gasteiger partial charge in [0.15, 0.2) is 6.10 Å². The second kappa shape index (κ2) is 11.1. The lowest BCUT2D eigenvalue weighted by atomic mass is 10.0. The van der Waals surface area contributed by atoms with Crippen LogP contribution in [0.4, 0.5) is 17.2 Å². The Morgan fingerprint density at radius 3 is 2.71 bits per heavy atom. The van der Waals surface area contributed by atoms with Gasteiger partial charge in [-0.2, -0.15) is 0 Å². The lowest BCUT2D eigenvalue weighted by Gasteiger charge is -2.29. The van der Waals surface area contributed by atoms with Crippen molar-refractivity contribution >= 4 is 39.7 Å². The van der Waals surface area contributed by atoms with Crippen LogP contribution in [0.25, 0.3) is 10.8 Å². The molecule has 4 rings (SSSR count). The number of anilines is 3. The molecule has 3 aromatic rings. The minimum atomic E-state index is -0.646. The Bertz CT molecular complexity index is 1190. The number of aromatic nitrogens is 1. The molecule has 35 heavy (non-hydrogen) atoms. The molecule has 184 valence electrons. The fraction of sp³-hybridized carbons (Fsp3) is 0.370. The predicted molar refractivity (Wildman–Crippen MR) is 141 cm³/mol. The summed E-state index contributed by atoms with van der Waals surface area (Å²) >= 11 is 0. The van der Waals surface area contributed by atoms with Crippen molar-refractivity contribution in [1.29, 1.82) is 0 Å². The predicted octanol–water partition coefficient (Wildman–Crippen LogP) is 5.20. The molecule has 0 aliphatic carbocycles. The molecule has 2 heterocycles. The van der Waals surface area contributed by atoms with Crippen LogP contribution in [-0.2, 0) is 9.63 Å². The molecular weight excluding hydrogens is 442 g/mol. The van der Waals surface area contributed by atoms with Crippen LogP contribution in [0, 0.1) is 5.92 Å². The van der Waals surface area contributed by atoms with Gasteiger partial charge in [-0.25, -0.2) is 4.98 Å². The van der Waals surface area contributed by atoms with E-state index in [9.17, 15) is 4.79 Å². The second-order valence-corrected chi connectivity index (χ2v) is 9.15. The zero-order valence-corrected chi connectivity index (χ0v) is 20.5. The molecule has 1 saturated heterocycles. The van der Waals surface area contributed by atoms with Gasteiger partial charge in [-0.1, -0.05) is 25.1 Å². The standard InChI is InChI=1S/C27H33N5O3/c1-18(2)16-24(35-22-12-7-19-13-14-29-26(28)23(19)17-22)27(33)30-20-8-10-21(11-9-20)32-15-5-4-6-25(32)31-34-3/h7-14,17-18,24H,4-6,15-16H2,1-3H3,(H2,28,29)(H,30,33)/b31-25+/t24-/m0/s1. The summed E-state index contributed by atoms with van der Waals surface area (Å²) in [7, 11) is 1.57. The monoisotopic (exact) mass is 475 g/mol. The number of amidine groups is 1. The zero-order valence-electron chi connectivity index (χ0n) is 20.5. The third-order valence-corrected chi connectivity index (χ3v) is 6.01. The summed E-state index contributed by atoms with van der Waals surface area (Å²) < 4.78 is 6.15. The summed E-state index contributed by atoms with van der Waals surface area (Å²) in [5.74, 6) is 2.03. The number of oxime groups is 1. The number of nitrogen functional groups attached to an aromatic ring is 1. The van der Waals surface area contributed by atoms with E-state index in [1.54, 1.807) is 13.3 Å². The number of nitrogens with zero attached hydrogens (tertiary/aromatic N) is 3. The number of nitrogens with two attached hydrogens (primary N) is 1. The first-order valence-electron chi connectivity index (χ1n) is 12.0. The molecule has 0 unspecified atom stereocenters. The van der Waals surface area contributed by atoms with E-state index in [0.29, 0.717) is 23.7 Å². The largest absolute Gasteiger partial charge is 0.481 e. The van der Waals surface area contributed by atoms with Gasteiger partial charge in [-0.15, -0.1) is 0 Å². The van der Waals surface area contributed by atoms with Gasteiger partial charge >= 0.3 is 0 Å². The quantitative estimate of drug-likeness (QED) is 0.434. The first kappa shape index (κ1) is 24.3. The molecule has 1 fully saturated rings. The zero-order chi connectivity index (χ0) is 24.8. The Hall–Kier alpha value is -3.81. The van der Waals surface area contributed by atoms with Crippen LogP contribution >= 0.6 is 0 Å². The molecule has 1 aliphatic heterocycles. The average molecular weight is 476 g/mol. The molecule has 0 radical (unpaired) electrons. The first-order valence-corrected chi connectivity index (χ1v) is 12.0. The third-order valence-electron chi connectivity index (χ3n) is 6.01. The number of amides is 1. The molecule has 1 amide bonds. The number of piperidine rings is 1. The van der Waals surface area contributed by atoms with E-state index >= 15 is 0 Å². The van der Waals surface area contributed by atoms with Crippen LogP contribution in [0.3, 0.4) is 0 Å². The van der Waals surface area contributed by atoms with Gasteiger partial charge in [0.2, 0.25) is 0 Å². The number of rotatable bonds is 8. The minimum Gasteiger partial charge on any atom is -0.481 e. The summed E-state index contributed by atoms with van der Waals surface area (Å²) in [6.07, 6.45) is 4.70. The minimum absolute atomic E-state index is 0.190. The summed E-state index contributed by atoms with van der Waals surface area (Å²) in [6.45, 7) is 5.03. The van der Waals surface area contributed by atoms with Crippen molar-refractivity contribution in [3.8, 4) is 5.75 Å². The topological polar surface area (TPSA) is 102 Å². The highest BCUT2D eigenvalue weighted by Gasteiger charge is 2.23. The Kier molecular flexibility index (Phi) is 7.70. The van der Waals surface area contributed by atoms with Crippen molar-refractivity contribution in [3.63, 3.8) is 0 Å². The summed E-state index contributed by atoms with van der Waals surface area (Å²) in [4.78, 5) is 24.5. The van der Waals surface area contributed by atoms with Gasteiger partial charge in [-0.05, 0) is 73.0 Å². The third kappa shape index (κ3) is 6.01. The van der Waals surface area contributed by atoms with E-state index < -0.39 is 6.10 Å². The van der Waals surface area contributed by atoms with Gasteiger partial charge in [0, 0.05) is 35.9 Å². The number of pyridine rings is 1. The molecule has 1 atom stereocenters. The van der Waals surface area contributed by atoms with Crippen molar-refractivity contribution in [2.24, 2.45) is 11.1 Å². The van der Waals surface area contributed by atoms with E-state index in [1.807, 2.05) is 48.5 Å². The number of carbonyl (C=O) groups excluding carboxylic acids is 1. The number of benzene rings is 2. The highest BCUT2D eigenvalue weighted by Crippen LogP contribution is 2.27. The molecule has 8 heteroatoms. The molecule has 8 nitrogen and oxygen atoms in total. The second-order valence-electron chi connectivity index (χ2n) is 9.15. The van der Waals surface area contributed by atoms with Crippen LogP contribution in [0.5, 0.6) is 5.75 Å². The summed E-state index contributed by atoms with van der Waals surface area (Å²) in [5, 5.41) is 8.96. The number of carbonyl (C=O) groups is 1. The average Bonchev–Trinajstić information content (AvgIpc) is 2.85. The fourth-order valence-corrected chi connectivity index (χ4v) is 4.29. The summed E-state index contributed by atoms with van der Waals surface area (Å²) in [5.41, 5.74) is 7.76. The van der Waals surface area contributed by atoms with Gasteiger partial charge in [0.05, 0.1) is 0 Å². The molecule has 1 aromatic heterocycles. The highest BCUT2D eigenvalue weighted by molar-refractivity contribution is 5.99. The van der Waals surface area contributed by atoms with Crippen molar-refractivity contribution in [2.45, 2.75) is 45.6 Å². The number of nitrogens with one attached hydrogen (secondary N) is 1. The van der Waals surface area contributed by atoms with E-state index in [0.717, 1.165) is 48.1 Å². The maximum absolute atomic E-state index is 13.2. The molecule has 0 bridgehead atoms. The van der Waals surface area contributed by atoms with Crippen LogP contribution < -0.4 is 20.7 Å². The maximum Gasteiger partial charge on any atom is 0.265 e. The number of hydrogen-bond acceptors (Lipinski definition) is 6. The maximum atomic E-state index is 13.2. The van der Waals surface area contributed by atoms with E-state index in [4.69, 9.17) is 15.3 Å². The molecular formula is C27H33N5O3. The Labute approximate surface area is 206 Å². The van der Waals surface area contributed by atoms with Crippen LogP contribution in [0.2, 0.25) is 0 Å². The van der Waals surface area contributed by atoms with Gasteiger partial charge in [0.25, 0.3) is 5.91 Å². The van der Waals surface area contributed by atoms with Crippen molar-refractivity contribution in [2.75, 3.05) is 29.6 Å². The van der Waals surface area contributed by atoms with Crippen molar-refractivity contribution in [1.82, 2.24) is 4.98 Å². The van der Waals surface area contributed by atoms with Gasteiger partial charge in [0.1, 0.15) is 24.5 Å². The molecule has 0 spiro atoms. The van der Waals surface area contributed by atoms with E-state index in [-0.39, 0.29) is 11.8 Å². The van der Waals surface area contributed by atoms with E-state index in [1.165, 1.54) is 0 Å². The smallest absolute Gasteiger partial charge is 0.265 e. The Morgan fingerprint density at radius 2 is 1.97 bits per heavy atom.